The zero-order valence-electron chi connectivity index (χ0n) is 7.17. The molecule has 0 bridgehead atoms. The Morgan fingerprint density at radius 3 is 1.10 bits per heavy atom. The van der Waals surface area contributed by atoms with Crippen molar-refractivity contribution in [1.82, 2.24) is 0 Å². The Hall–Kier alpha value is -0.160. The minimum absolute atomic E-state index is 0.875. The van der Waals surface area contributed by atoms with Crippen LogP contribution in [-0.2, 0) is 14.2 Å². The first-order valence-electron chi connectivity index (χ1n) is 2.78. The summed E-state index contributed by atoms with van der Waals surface area (Å²) in [5.74, 6) is -0.875. The fourth-order valence-electron chi connectivity index (χ4n) is 0.250. The number of aliphatic hydroxyl groups is 1. The normalized spacial score (nSPS) is 10.2. The van der Waals surface area contributed by atoms with E-state index in [0.717, 1.165) is 7.11 Å². The van der Waals surface area contributed by atoms with Crippen LogP contribution in [0, 0.1) is 0 Å². The van der Waals surface area contributed by atoms with Gasteiger partial charge in [0.2, 0.25) is 0 Å². The van der Waals surface area contributed by atoms with Gasteiger partial charge in [-0.25, -0.2) is 0 Å². The summed E-state index contributed by atoms with van der Waals surface area (Å²) in [4.78, 5) is 0. The third kappa shape index (κ3) is 4.69. The summed E-state index contributed by atoms with van der Waals surface area (Å²) < 4.78 is 14.4. The maximum atomic E-state index is 7.00. The summed E-state index contributed by atoms with van der Waals surface area (Å²) in [5.41, 5.74) is 0. The minimum Gasteiger partial charge on any atom is -0.400 e. The van der Waals surface area contributed by atoms with Crippen molar-refractivity contribution in [3.63, 3.8) is 0 Å². The Morgan fingerprint density at radius 2 is 1.10 bits per heavy atom. The first-order valence-corrected chi connectivity index (χ1v) is 2.78. The molecule has 0 aliphatic heterocycles. The number of hydrogen-bond donors (Lipinski definition) is 1. The van der Waals surface area contributed by atoms with Crippen molar-refractivity contribution in [2.45, 2.75) is 12.9 Å². The van der Waals surface area contributed by atoms with Crippen molar-refractivity contribution in [3.8, 4) is 0 Å². The molecule has 64 valence electrons. The molecule has 0 rings (SSSR count). The van der Waals surface area contributed by atoms with Crippen LogP contribution in [0.1, 0.15) is 6.92 Å². The largest absolute Gasteiger partial charge is 0.400 e. The van der Waals surface area contributed by atoms with E-state index in [4.69, 9.17) is 19.3 Å². The molecular weight excluding hydrogens is 136 g/mol. The lowest BCUT2D eigenvalue weighted by Crippen LogP contribution is -2.31. The molecule has 4 nitrogen and oxygen atoms in total. The smallest absolute Gasteiger partial charge is 0.279 e. The summed E-state index contributed by atoms with van der Waals surface area (Å²) >= 11 is 0. The molecule has 0 aliphatic carbocycles. The molecule has 1 N–H and O–H groups in total. The topological polar surface area (TPSA) is 47.9 Å². The van der Waals surface area contributed by atoms with Crippen molar-refractivity contribution in [2.75, 3.05) is 28.4 Å². The highest BCUT2D eigenvalue weighted by molar-refractivity contribution is 4.38. The average molecular weight is 152 g/mol. The molecule has 0 radical (unpaired) electrons. The molecule has 0 saturated carbocycles. The van der Waals surface area contributed by atoms with Crippen LogP contribution in [0.5, 0.6) is 0 Å². The highest BCUT2D eigenvalue weighted by Crippen LogP contribution is 2.08. The van der Waals surface area contributed by atoms with Crippen LogP contribution < -0.4 is 0 Å². The van der Waals surface area contributed by atoms with Gasteiger partial charge in [-0.3, -0.25) is 0 Å². The molecule has 0 saturated heterocycles. The van der Waals surface area contributed by atoms with Crippen molar-refractivity contribution in [3.05, 3.63) is 0 Å². The molecular formula is C6H16O4. The predicted molar refractivity (Wildman–Crippen MR) is 37.6 cm³/mol. The van der Waals surface area contributed by atoms with Gasteiger partial charge < -0.3 is 19.3 Å². The van der Waals surface area contributed by atoms with Crippen molar-refractivity contribution < 1.29 is 19.3 Å². The Balaban J connectivity index is 0. The van der Waals surface area contributed by atoms with Crippen molar-refractivity contribution in [1.29, 1.82) is 0 Å². The molecule has 0 atom stereocenters. The van der Waals surface area contributed by atoms with Crippen LogP contribution in [0.25, 0.3) is 0 Å². The molecule has 0 spiro atoms. The Labute approximate surface area is 61.7 Å². The van der Waals surface area contributed by atoms with Crippen LogP contribution >= 0.6 is 0 Å². The quantitative estimate of drug-likeness (QED) is 0.587. The zero-order chi connectivity index (χ0) is 8.62. The van der Waals surface area contributed by atoms with E-state index in [1.807, 2.05) is 0 Å². The second-order valence-electron chi connectivity index (χ2n) is 1.47. The maximum absolute atomic E-state index is 7.00. The first kappa shape index (κ1) is 12.5. The molecule has 4 heteroatoms. The highest BCUT2D eigenvalue weighted by atomic mass is 16.9. The monoisotopic (exact) mass is 152 g/mol. The van der Waals surface area contributed by atoms with Crippen LogP contribution in [0.2, 0.25) is 0 Å². The molecule has 0 amide bonds. The van der Waals surface area contributed by atoms with Gasteiger partial charge in [0.1, 0.15) is 0 Å². The van der Waals surface area contributed by atoms with Gasteiger partial charge in [0.25, 0.3) is 5.97 Å². The summed E-state index contributed by atoms with van der Waals surface area (Å²) in [6.07, 6.45) is 0. The van der Waals surface area contributed by atoms with E-state index in [-0.39, 0.29) is 0 Å². The molecule has 10 heavy (non-hydrogen) atoms. The van der Waals surface area contributed by atoms with Crippen LogP contribution in [0.4, 0.5) is 0 Å². The predicted octanol–water partition coefficient (Wildman–Crippen LogP) is 0.208. The van der Waals surface area contributed by atoms with E-state index in [0.29, 0.717) is 0 Å². The van der Waals surface area contributed by atoms with Gasteiger partial charge in [-0.05, 0) is 0 Å². The van der Waals surface area contributed by atoms with E-state index in [2.05, 4.69) is 0 Å². The number of rotatable bonds is 3. The maximum Gasteiger partial charge on any atom is 0.279 e. The van der Waals surface area contributed by atoms with Gasteiger partial charge >= 0.3 is 0 Å². The molecule has 0 aromatic heterocycles. The SMILES string of the molecule is CO.COC(C)(OC)OC. The summed E-state index contributed by atoms with van der Waals surface area (Å²) in [6, 6.07) is 0. The second-order valence-corrected chi connectivity index (χ2v) is 1.47. The van der Waals surface area contributed by atoms with E-state index >= 15 is 0 Å². The van der Waals surface area contributed by atoms with E-state index in [1.165, 1.54) is 21.3 Å². The Kier molecular flexibility index (Phi) is 8.70. The van der Waals surface area contributed by atoms with Crippen LogP contribution in [-0.4, -0.2) is 39.5 Å². The molecule has 0 aliphatic rings. The number of aliphatic hydroxyl groups excluding tert-OH is 1. The van der Waals surface area contributed by atoms with Gasteiger partial charge in [-0.1, -0.05) is 0 Å². The zero-order valence-corrected chi connectivity index (χ0v) is 7.17. The average Bonchev–Trinajstić information content (AvgIpc) is 2.07. The standard InChI is InChI=1S/C5H12O3.CH4O/c1-5(6-2,7-3)8-4;1-2/h1-4H3;2H,1H3. The van der Waals surface area contributed by atoms with E-state index < -0.39 is 5.97 Å². The number of hydrogen-bond acceptors (Lipinski definition) is 4. The molecule has 0 aromatic carbocycles. The molecule has 0 fully saturated rings. The minimum atomic E-state index is -0.875. The molecule has 0 unspecified atom stereocenters. The van der Waals surface area contributed by atoms with Gasteiger partial charge in [0.15, 0.2) is 0 Å². The summed E-state index contributed by atoms with van der Waals surface area (Å²) in [5, 5.41) is 7.00. The number of ether oxygens (including phenoxy) is 3. The van der Waals surface area contributed by atoms with Crippen LogP contribution in [0.15, 0.2) is 0 Å². The lowest BCUT2D eigenvalue weighted by atomic mass is 10.6. The van der Waals surface area contributed by atoms with E-state index in [9.17, 15) is 0 Å². The highest BCUT2D eigenvalue weighted by Gasteiger charge is 2.20. The van der Waals surface area contributed by atoms with Gasteiger partial charge in [0, 0.05) is 35.4 Å². The summed E-state index contributed by atoms with van der Waals surface area (Å²) in [7, 11) is 5.56. The fraction of sp³-hybridized carbons (Fsp3) is 1.00. The first-order chi connectivity index (χ1) is 4.68. The van der Waals surface area contributed by atoms with Crippen LogP contribution in [0.3, 0.4) is 0 Å². The molecule has 0 heterocycles. The van der Waals surface area contributed by atoms with E-state index in [1.54, 1.807) is 6.92 Å². The molecule has 0 aromatic rings. The van der Waals surface area contributed by atoms with Crippen molar-refractivity contribution in [2.24, 2.45) is 0 Å². The van der Waals surface area contributed by atoms with Crippen molar-refractivity contribution >= 4 is 0 Å². The van der Waals surface area contributed by atoms with Gasteiger partial charge in [-0.15, -0.1) is 0 Å². The third-order valence-corrected chi connectivity index (χ3v) is 1.11. The van der Waals surface area contributed by atoms with Gasteiger partial charge in [-0.2, -0.15) is 0 Å². The Bertz CT molecular complexity index is 52.5. The summed E-state index contributed by atoms with van der Waals surface area (Å²) in [6.45, 7) is 1.69. The Morgan fingerprint density at radius 1 is 0.900 bits per heavy atom. The lowest BCUT2D eigenvalue weighted by Gasteiger charge is -2.23. The lowest BCUT2D eigenvalue weighted by molar-refractivity contribution is -0.340. The second kappa shape index (κ2) is 6.95. The van der Waals surface area contributed by atoms with Gasteiger partial charge in [0.05, 0.1) is 0 Å². The number of methoxy groups -OCH3 is 3. The third-order valence-electron chi connectivity index (χ3n) is 1.11. The fourth-order valence-corrected chi connectivity index (χ4v) is 0.250.